The average molecular weight is 544 g/mol. The van der Waals surface area contributed by atoms with Crippen LogP contribution in [0.3, 0.4) is 0 Å². The quantitative estimate of drug-likeness (QED) is 0.233. The van der Waals surface area contributed by atoms with Crippen molar-refractivity contribution in [2.75, 3.05) is 19.0 Å². The van der Waals surface area contributed by atoms with E-state index >= 15 is 0 Å². The summed E-state index contributed by atoms with van der Waals surface area (Å²) < 4.78 is 14.6. The van der Waals surface area contributed by atoms with Crippen molar-refractivity contribution in [2.24, 2.45) is 4.99 Å². The minimum Gasteiger partial charge on any atom is -0.335 e. The third-order valence-electron chi connectivity index (χ3n) is 5.88. The number of nitrogens with one attached hydrogen (secondary N) is 1. The molecular weight excluding hydrogens is 509 g/mol. The zero-order valence-electron chi connectivity index (χ0n) is 22.9. The molecule has 1 aliphatic rings. The minimum absolute atomic E-state index is 0.00443. The fourth-order valence-corrected chi connectivity index (χ4v) is 4.04. The normalized spacial score (nSPS) is 14.4. The summed E-state index contributed by atoms with van der Waals surface area (Å²) in [5.74, 6) is 0.713. The molecule has 1 aromatic heterocycles. The fraction of sp³-hybridized carbons (Fsp3) is 0.219. The van der Waals surface area contributed by atoms with Gasteiger partial charge in [0.2, 0.25) is 0 Å². The van der Waals surface area contributed by atoms with Gasteiger partial charge < -0.3 is 15.2 Å². The van der Waals surface area contributed by atoms with Gasteiger partial charge in [0.25, 0.3) is 0 Å². The molecule has 0 fully saturated rings. The van der Waals surface area contributed by atoms with Crippen LogP contribution in [0.25, 0.3) is 23.5 Å². The summed E-state index contributed by atoms with van der Waals surface area (Å²) in [5, 5.41) is 4.25. The number of benzene rings is 2. The van der Waals surface area contributed by atoms with Crippen LogP contribution in [-0.2, 0) is 6.54 Å². The van der Waals surface area contributed by atoms with E-state index < -0.39 is 0 Å². The molecule has 3 aromatic rings. The highest BCUT2D eigenvalue weighted by Crippen LogP contribution is 2.30. The van der Waals surface area contributed by atoms with Crippen molar-refractivity contribution < 1.29 is 4.39 Å². The van der Waals surface area contributed by atoms with Crippen molar-refractivity contribution in [3.8, 4) is 11.4 Å². The van der Waals surface area contributed by atoms with Gasteiger partial charge in [-0.3, -0.25) is 0 Å². The van der Waals surface area contributed by atoms with Crippen LogP contribution in [0.15, 0.2) is 89.6 Å². The number of fused-ring (bicyclic) bond motifs is 1. The van der Waals surface area contributed by atoms with Crippen molar-refractivity contribution >= 4 is 36.3 Å². The highest BCUT2D eigenvalue weighted by molar-refractivity contribution is 6.30. The van der Waals surface area contributed by atoms with Crippen LogP contribution in [0.5, 0.6) is 0 Å². The number of anilines is 1. The summed E-state index contributed by atoms with van der Waals surface area (Å²) in [6.07, 6.45) is 15.3. The smallest absolute Gasteiger partial charge is 0.165 e. The molecule has 0 spiro atoms. The lowest BCUT2D eigenvalue weighted by atomic mass is 10.1. The van der Waals surface area contributed by atoms with Gasteiger partial charge in [0.1, 0.15) is 11.6 Å². The molecule has 1 aliphatic carbocycles. The summed E-state index contributed by atoms with van der Waals surface area (Å²) in [5.41, 5.74) is 4.31. The maximum atomic E-state index is 14.6. The van der Waals surface area contributed by atoms with Gasteiger partial charge in [0.05, 0.1) is 11.3 Å². The molecule has 1 heterocycles. The third-order valence-corrected chi connectivity index (χ3v) is 6.13. The molecule has 0 radical (unpaired) electrons. The SMILES string of the molecule is C=NC.CC/C=C(C)/C=C\N(C)c1nc(-c2ccccc2F)nc2c1C=CC(NCc1ccc(Cl)cc1)C=C2. The van der Waals surface area contributed by atoms with Crippen LogP contribution < -0.4 is 10.2 Å². The van der Waals surface area contributed by atoms with Gasteiger partial charge in [-0.05, 0) is 62.0 Å². The molecule has 1 N–H and O–H groups in total. The van der Waals surface area contributed by atoms with E-state index in [9.17, 15) is 4.39 Å². The van der Waals surface area contributed by atoms with E-state index in [1.807, 2.05) is 60.6 Å². The molecule has 0 saturated heterocycles. The average Bonchev–Trinajstić information content (AvgIpc) is 3.14. The van der Waals surface area contributed by atoms with Crippen LogP contribution in [0.4, 0.5) is 10.2 Å². The van der Waals surface area contributed by atoms with Gasteiger partial charge in [-0.15, -0.1) is 0 Å². The number of hydrogen-bond donors (Lipinski definition) is 1. The lowest BCUT2D eigenvalue weighted by Crippen LogP contribution is -2.24. The summed E-state index contributed by atoms with van der Waals surface area (Å²) in [6, 6.07) is 14.4. The van der Waals surface area contributed by atoms with E-state index in [1.54, 1.807) is 25.2 Å². The largest absolute Gasteiger partial charge is 0.335 e. The van der Waals surface area contributed by atoms with Crippen molar-refractivity contribution in [1.29, 1.82) is 0 Å². The second kappa shape index (κ2) is 14.9. The molecule has 39 heavy (non-hydrogen) atoms. The maximum absolute atomic E-state index is 14.6. The number of aromatic nitrogens is 2. The Balaban J connectivity index is 0.00000134. The first-order valence-electron chi connectivity index (χ1n) is 12.8. The second-order valence-electron chi connectivity index (χ2n) is 9.00. The number of hydrogen-bond acceptors (Lipinski definition) is 5. The molecule has 0 aliphatic heterocycles. The topological polar surface area (TPSA) is 53.4 Å². The molecule has 4 rings (SSSR count). The van der Waals surface area contributed by atoms with Crippen LogP contribution in [-0.4, -0.2) is 36.8 Å². The number of allylic oxidation sites excluding steroid dienone is 3. The Labute approximate surface area is 236 Å². The fourth-order valence-electron chi connectivity index (χ4n) is 3.92. The van der Waals surface area contributed by atoms with Gasteiger partial charge in [0.15, 0.2) is 5.82 Å². The van der Waals surface area contributed by atoms with Crippen LogP contribution in [0, 0.1) is 5.82 Å². The summed E-state index contributed by atoms with van der Waals surface area (Å²) in [7, 11) is 3.59. The molecule has 0 saturated carbocycles. The van der Waals surface area contributed by atoms with Gasteiger partial charge in [0, 0.05) is 43.5 Å². The van der Waals surface area contributed by atoms with Crippen molar-refractivity contribution in [3.63, 3.8) is 0 Å². The van der Waals surface area contributed by atoms with E-state index in [1.165, 1.54) is 11.6 Å². The lowest BCUT2D eigenvalue weighted by molar-refractivity contribution is 0.630. The predicted octanol–water partition coefficient (Wildman–Crippen LogP) is 7.76. The first-order chi connectivity index (χ1) is 18.9. The van der Waals surface area contributed by atoms with Gasteiger partial charge in [-0.1, -0.05) is 72.7 Å². The van der Waals surface area contributed by atoms with E-state index in [0.29, 0.717) is 23.8 Å². The Morgan fingerprint density at radius 3 is 2.51 bits per heavy atom. The van der Waals surface area contributed by atoms with Crippen LogP contribution >= 0.6 is 11.6 Å². The second-order valence-corrected chi connectivity index (χ2v) is 9.44. The monoisotopic (exact) mass is 543 g/mol. The standard InChI is InChI=1S/C30H30ClFN4.C2H5N/c1-4-7-21(2)18-19-36(3)30-26-16-14-24(33-20-22-10-12-23(31)13-11-22)15-17-28(26)34-29(35-30)25-8-5-6-9-27(25)32;1-3-2/h5-19,24,33H,4,20H2,1-3H3;1H2,2H3/b19-18-,21-7+;. The number of rotatable bonds is 8. The van der Waals surface area contributed by atoms with E-state index in [2.05, 4.69) is 49.1 Å². The lowest BCUT2D eigenvalue weighted by Gasteiger charge is -2.18. The van der Waals surface area contributed by atoms with Crippen molar-refractivity contribution in [2.45, 2.75) is 32.9 Å². The Kier molecular flexibility index (Phi) is 11.3. The van der Waals surface area contributed by atoms with Crippen molar-refractivity contribution in [3.05, 3.63) is 112 Å². The van der Waals surface area contributed by atoms with E-state index in [-0.39, 0.29) is 11.9 Å². The predicted molar refractivity (Wildman–Crippen MR) is 165 cm³/mol. The van der Waals surface area contributed by atoms with E-state index in [0.717, 1.165) is 28.3 Å². The molecular formula is C32H35ClFN5. The Hall–Kier alpha value is -3.87. The number of nitrogens with zero attached hydrogens (tertiary/aromatic N) is 4. The molecule has 1 atom stereocenters. The molecule has 5 nitrogen and oxygen atoms in total. The first kappa shape index (κ1) is 29.7. The summed E-state index contributed by atoms with van der Waals surface area (Å²) in [4.78, 5) is 14.7. The Morgan fingerprint density at radius 2 is 1.82 bits per heavy atom. The first-order valence-corrected chi connectivity index (χ1v) is 13.2. The minimum atomic E-state index is -0.348. The molecule has 0 amide bonds. The van der Waals surface area contributed by atoms with Gasteiger partial charge in [-0.25, -0.2) is 14.4 Å². The Bertz CT molecular complexity index is 1380. The molecule has 1 unspecified atom stereocenters. The van der Waals surface area contributed by atoms with Gasteiger partial charge in [-0.2, -0.15) is 0 Å². The summed E-state index contributed by atoms with van der Waals surface area (Å²) in [6.45, 7) is 7.98. The Morgan fingerprint density at radius 1 is 1.13 bits per heavy atom. The molecule has 7 heteroatoms. The summed E-state index contributed by atoms with van der Waals surface area (Å²) >= 11 is 6.01. The van der Waals surface area contributed by atoms with E-state index in [4.69, 9.17) is 21.6 Å². The highest BCUT2D eigenvalue weighted by Gasteiger charge is 2.18. The zero-order valence-corrected chi connectivity index (χ0v) is 23.7. The van der Waals surface area contributed by atoms with Crippen LogP contribution in [0.1, 0.15) is 37.1 Å². The zero-order chi connectivity index (χ0) is 28.2. The number of aliphatic imine (C=N–C) groups is 1. The number of halogens is 2. The third kappa shape index (κ3) is 8.57. The van der Waals surface area contributed by atoms with Crippen molar-refractivity contribution in [1.82, 2.24) is 15.3 Å². The highest BCUT2D eigenvalue weighted by atomic mass is 35.5. The van der Waals surface area contributed by atoms with Gasteiger partial charge >= 0.3 is 0 Å². The maximum Gasteiger partial charge on any atom is 0.165 e. The molecule has 2 aromatic carbocycles. The van der Waals surface area contributed by atoms with Crippen LogP contribution in [0.2, 0.25) is 5.02 Å². The molecule has 202 valence electrons. The molecule has 0 bridgehead atoms.